The van der Waals surface area contributed by atoms with Crippen molar-refractivity contribution in [2.24, 2.45) is 0 Å². The third kappa shape index (κ3) is 37.3. The highest BCUT2D eigenvalue weighted by molar-refractivity contribution is 5.77. The average molecular weight is 750 g/mol. The molecule has 0 heterocycles. The van der Waals surface area contributed by atoms with E-state index in [1.807, 2.05) is 0 Å². The Labute approximate surface area is 329 Å². The van der Waals surface area contributed by atoms with E-state index < -0.39 is 18.2 Å². The SMILES string of the molecule is CCCC/C=C\CCCCCCCC(=O)OC(CCCCCCCCCCC)CC(=O)NC(CO)C(O)CCCCCCCCCCCCCCCC. The number of esters is 1. The van der Waals surface area contributed by atoms with Crippen LogP contribution in [-0.4, -0.2) is 46.9 Å². The number of allylic oxidation sites excluding steroid dienone is 2. The van der Waals surface area contributed by atoms with Gasteiger partial charge < -0.3 is 20.3 Å². The monoisotopic (exact) mass is 750 g/mol. The largest absolute Gasteiger partial charge is 0.462 e. The molecular weight excluding hydrogens is 659 g/mol. The van der Waals surface area contributed by atoms with Crippen LogP contribution in [-0.2, 0) is 14.3 Å². The summed E-state index contributed by atoms with van der Waals surface area (Å²) in [6.07, 6.45) is 44.1. The molecular formula is C47H91NO5. The first-order valence-electron chi connectivity index (χ1n) is 23.4. The minimum Gasteiger partial charge on any atom is -0.462 e. The molecule has 314 valence electrons. The van der Waals surface area contributed by atoms with Crippen LogP contribution in [0.4, 0.5) is 0 Å². The molecule has 3 N–H and O–H groups in total. The lowest BCUT2D eigenvalue weighted by molar-refractivity contribution is -0.151. The van der Waals surface area contributed by atoms with Gasteiger partial charge >= 0.3 is 5.97 Å². The van der Waals surface area contributed by atoms with Gasteiger partial charge in [0.25, 0.3) is 0 Å². The van der Waals surface area contributed by atoms with E-state index in [1.165, 1.54) is 154 Å². The third-order valence-corrected chi connectivity index (χ3v) is 10.8. The van der Waals surface area contributed by atoms with Gasteiger partial charge in [-0.2, -0.15) is 0 Å². The maximum absolute atomic E-state index is 13.1. The Hall–Kier alpha value is -1.40. The summed E-state index contributed by atoms with van der Waals surface area (Å²) in [6, 6.07) is -0.694. The van der Waals surface area contributed by atoms with Gasteiger partial charge in [0.2, 0.25) is 5.91 Å². The summed E-state index contributed by atoms with van der Waals surface area (Å²) >= 11 is 0. The summed E-state index contributed by atoms with van der Waals surface area (Å²) < 4.78 is 5.88. The topological polar surface area (TPSA) is 95.9 Å². The zero-order chi connectivity index (χ0) is 38.9. The number of rotatable bonds is 42. The fourth-order valence-corrected chi connectivity index (χ4v) is 7.23. The molecule has 0 saturated carbocycles. The molecule has 0 aliphatic rings. The van der Waals surface area contributed by atoms with Gasteiger partial charge in [0.05, 0.1) is 25.2 Å². The lowest BCUT2D eigenvalue weighted by Gasteiger charge is -2.24. The lowest BCUT2D eigenvalue weighted by Crippen LogP contribution is -2.46. The highest BCUT2D eigenvalue weighted by Crippen LogP contribution is 2.18. The minimum absolute atomic E-state index is 0.0800. The van der Waals surface area contributed by atoms with Gasteiger partial charge in [0.1, 0.15) is 6.10 Å². The maximum Gasteiger partial charge on any atom is 0.306 e. The quantitative estimate of drug-likeness (QED) is 0.0328. The molecule has 0 fully saturated rings. The summed E-state index contributed by atoms with van der Waals surface area (Å²) in [4.78, 5) is 25.9. The second-order valence-corrected chi connectivity index (χ2v) is 16.2. The Morgan fingerprint density at radius 3 is 1.40 bits per heavy atom. The predicted molar refractivity (Wildman–Crippen MR) is 227 cm³/mol. The summed E-state index contributed by atoms with van der Waals surface area (Å²) in [6.45, 7) is 6.43. The van der Waals surface area contributed by atoms with E-state index in [2.05, 4.69) is 38.2 Å². The average Bonchev–Trinajstić information content (AvgIpc) is 3.15. The van der Waals surface area contributed by atoms with Gasteiger partial charge in [0.15, 0.2) is 0 Å². The Kier molecular flexibility index (Phi) is 40.7. The summed E-state index contributed by atoms with van der Waals surface area (Å²) in [5, 5.41) is 23.7. The smallest absolute Gasteiger partial charge is 0.306 e. The molecule has 53 heavy (non-hydrogen) atoms. The van der Waals surface area contributed by atoms with Crippen molar-refractivity contribution in [3.05, 3.63) is 12.2 Å². The molecule has 1 amide bonds. The number of ether oxygens (including phenoxy) is 1. The Balaban J connectivity index is 4.47. The number of unbranched alkanes of at least 4 members (excludes halogenated alkanes) is 28. The number of hydrogen-bond acceptors (Lipinski definition) is 5. The number of aliphatic hydroxyl groups excluding tert-OH is 2. The molecule has 0 spiro atoms. The van der Waals surface area contributed by atoms with E-state index in [-0.39, 0.29) is 24.9 Å². The van der Waals surface area contributed by atoms with Crippen molar-refractivity contribution in [2.75, 3.05) is 6.61 Å². The van der Waals surface area contributed by atoms with Crippen LogP contribution in [0.15, 0.2) is 12.2 Å². The molecule has 3 unspecified atom stereocenters. The summed E-state index contributed by atoms with van der Waals surface area (Å²) in [5.74, 6) is -0.476. The van der Waals surface area contributed by atoms with Crippen LogP contribution >= 0.6 is 0 Å². The van der Waals surface area contributed by atoms with E-state index in [4.69, 9.17) is 4.74 Å². The lowest BCUT2D eigenvalue weighted by atomic mass is 10.0. The molecule has 0 aromatic heterocycles. The van der Waals surface area contributed by atoms with Gasteiger partial charge in [-0.25, -0.2) is 0 Å². The number of hydrogen-bond donors (Lipinski definition) is 3. The molecule has 6 heteroatoms. The predicted octanol–water partition coefficient (Wildman–Crippen LogP) is 13.4. The minimum atomic E-state index is -0.781. The van der Waals surface area contributed by atoms with E-state index in [9.17, 15) is 19.8 Å². The fourth-order valence-electron chi connectivity index (χ4n) is 7.23. The van der Waals surface area contributed by atoms with Crippen molar-refractivity contribution < 1.29 is 24.5 Å². The molecule has 6 nitrogen and oxygen atoms in total. The number of aliphatic hydroxyl groups is 2. The Morgan fingerprint density at radius 1 is 0.528 bits per heavy atom. The molecule has 0 aromatic rings. The van der Waals surface area contributed by atoms with Crippen LogP contribution < -0.4 is 5.32 Å². The highest BCUT2D eigenvalue weighted by atomic mass is 16.5. The van der Waals surface area contributed by atoms with Gasteiger partial charge in [-0.1, -0.05) is 206 Å². The standard InChI is InChI=1S/C47H91NO5/c1-4-7-10-13-16-19-21-22-23-25-27-30-33-36-39-45(50)44(42-49)48-46(51)41-43(38-35-32-29-26-18-15-12-9-6-3)53-47(52)40-37-34-31-28-24-20-17-14-11-8-5-2/h14,17,43-45,49-50H,4-13,15-16,18-42H2,1-3H3,(H,48,51)/b17-14-. The molecule has 0 rings (SSSR count). The van der Waals surface area contributed by atoms with Crippen molar-refractivity contribution in [1.29, 1.82) is 0 Å². The van der Waals surface area contributed by atoms with Crippen molar-refractivity contribution in [3.8, 4) is 0 Å². The van der Waals surface area contributed by atoms with Crippen molar-refractivity contribution in [1.82, 2.24) is 5.32 Å². The number of nitrogens with one attached hydrogen (secondary N) is 1. The van der Waals surface area contributed by atoms with E-state index in [0.29, 0.717) is 19.3 Å². The van der Waals surface area contributed by atoms with Crippen molar-refractivity contribution >= 4 is 11.9 Å². The zero-order valence-electron chi connectivity index (χ0n) is 35.7. The number of carbonyl (C=O) groups excluding carboxylic acids is 2. The fraction of sp³-hybridized carbons (Fsp3) is 0.915. The second-order valence-electron chi connectivity index (χ2n) is 16.2. The van der Waals surface area contributed by atoms with Crippen LogP contribution in [0, 0.1) is 0 Å². The normalized spacial score (nSPS) is 13.4. The van der Waals surface area contributed by atoms with E-state index in [1.54, 1.807) is 0 Å². The van der Waals surface area contributed by atoms with Crippen molar-refractivity contribution in [3.63, 3.8) is 0 Å². The summed E-state index contributed by atoms with van der Waals surface area (Å²) in [5.41, 5.74) is 0. The van der Waals surface area contributed by atoms with Crippen LogP contribution in [0.25, 0.3) is 0 Å². The molecule has 0 aromatic carbocycles. The first-order chi connectivity index (χ1) is 26.0. The van der Waals surface area contributed by atoms with Crippen LogP contribution in [0.2, 0.25) is 0 Å². The molecule has 3 atom stereocenters. The highest BCUT2D eigenvalue weighted by Gasteiger charge is 2.24. The van der Waals surface area contributed by atoms with Gasteiger partial charge in [0, 0.05) is 6.42 Å². The van der Waals surface area contributed by atoms with Gasteiger partial charge in [-0.15, -0.1) is 0 Å². The van der Waals surface area contributed by atoms with Crippen molar-refractivity contribution in [2.45, 2.75) is 270 Å². The van der Waals surface area contributed by atoms with E-state index in [0.717, 1.165) is 51.4 Å². The first kappa shape index (κ1) is 51.6. The second kappa shape index (κ2) is 41.8. The first-order valence-corrected chi connectivity index (χ1v) is 23.4. The number of amides is 1. The molecule has 0 saturated heterocycles. The molecule has 0 bridgehead atoms. The van der Waals surface area contributed by atoms with Crippen LogP contribution in [0.5, 0.6) is 0 Å². The molecule has 0 aliphatic heterocycles. The number of carbonyl (C=O) groups is 2. The molecule has 0 aliphatic carbocycles. The van der Waals surface area contributed by atoms with E-state index >= 15 is 0 Å². The van der Waals surface area contributed by atoms with Gasteiger partial charge in [-0.3, -0.25) is 9.59 Å². The Bertz CT molecular complexity index is 802. The van der Waals surface area contributed by atoms with Crippen LogP contribution in [0.1, 0.15) is 252 Å². The maximum atomic E-state index is 13.1. The Morgan fingerprint density at radius 2 is 0.925 bits per heavy atom. The van der Waals surface area contributed by atoms with Crippen LogP contribution in [0.3, 0.4) is 0 Å². The zero-order valence-corrected chi connectivity index (χ0v) is 35.7. The summed E-state index contributed by atoms with van der Waals surface area (Å²) in [7, 11) is 0. The molecule has 0 radical (unpaired) electrons. The third-order valence-electron chi connectivity index (χ3n) is 10.8. The van der Waals surface area contributed by atoms with Gasteiger partial charge in [-0.05, 0) is 44.9 Å².